The number of hydrogen-bond donors (Lipinski definition) is 0. The van der Waals surface area contributed by atoms with E-state index in [-0.39, 0.29) is 0 Å². The van der Waals surface area contributed by atoms with Crippen LogP contribution in [0.5, 0.6) is 0 Å². The molecule has 0 atom stereocenters. The topological polar surface area (TPSA) is 3.24 Å². The molecule has 0 spiro atoms. The van der Waals surface area contributed by atoms with Crippen molar-refractivity contribution in [3.63, 3.8) is 0 Å². The molecule has 1 aromatic rings. The molecule has 0 aliphatic rings. The summed E-state index contributed by atoms with van der Waals surface area (Å²) in [7, 11) is 1.95. The largest absolute Gasteiger partial charge is 0.302 e. The van der Waals surface area contributed by atoms with E-state index < -0.39 is 11.6 Å². The lowest BCUT2D eigenvalue weighted by Crippen LogP contribution is -2.21. The van der Waals surface area contributed by atoms with Crippen molar-refractivity contribution < 1.29 is 8.78 Å². The second kappa shape index (κ2) is 5.94. The molecule has 0 aliphatic heterocycles. The van der Waals surface area contributed by atoms with E-state index in [0.29, 0.717) is 18.0 Å². The Morgan fingerprint density at radius 3 is 2.50 bits per heavy atom. The lowest BCUT2D eigenvalue weighted by atomic mass is 10.1. The normalized spacial score (nSPS) is 11.4. The van der Waals surface area contributed by atoms with Crippen LogP contribution in [0.3, 0.4) is 0 Å². The van der Waals surface area contributed by atoms with Gasteiger partial charge in [0.2, 0.25) is 0 Å². The fourth-order valence-electron chi connectivity index (χ4n) is 1.50. The number of halogens is 2. The summed E-state index contributed by atoms with van der Waals surface area (Å²) in [5.41, 5.74) is 0.549. The second-order valence-electron chi connectivity index (χ2n) is 4.66. The van der Waals surface area contributed by atoms with Crippen LogP contribution in [-0.2, 0) is 6.54 Å². The minimum atomic E-state index is -0.522. The predicted molar refractivity (Wildman–Crippen MR) is 62.1 cm³/mol. The highest BCUT2D eigenvalue weighted by molar-refractivity contribution is 5.18. The highest BCUT2D eigenvalue weighted by atomic mass is 19.1. The monoisotopic (exact) mass is 227 g/mol. The standard InChI is InChI=1S/C13H19F2N/c1-10(2)6-7-16(3)9-11-4-5-12(14)8-13(11)15/h4-5,8,10H,6-7,9H2,1-3H3. The maximum atomic E-state index is 13.3. The molecule has 0 saturated carbocycles. The molecule has 1 rings (SSSR count). The van der Waals surface area contributed by atoms with Crippen LogP contribution >= 0.6 is 0 Å². The van der Waals surface area contributed by atoms with Gasteiger partial charge in [0.15, 0.2) is 0 Å². The van der Waals surface area contributed by atoms with E-state index >= 15 is 0 Å². The zero-order valence-electron chi connectivity index (χ0n) is 10.1. The van der Waals surface area contributed by atoms with Crippen LogP contribution in [0, 0.1) is 17.6 Å². The third-order valence-corrected chi connectivity index (χ3v) is 2.54. The maximum Gasteiger partial charge on any atom is 0.130 e. The van der Waals surface area contributed by atoms with Crippen LogP contribution in [0.25, 0.3) is 0 Å². The summed E-state index contributed by atoms with van der Waals surface area (Å²) < 4.78 is 26.0. The first kappa shape index (κ1) is 13.1. The van der Waals surface area contributed by atoms with Gasteiger partial charge in [0, 0.05) is 18.2 Å². The van der Waals surface area contributed by atoms with Crippen molar-refractivity contribution in [1.29, 1.82) is 0 Å². The number of benzene rings is 1. The number of rotatable bonds is 5. The zero-order valence-corrected chi connectivity index (χ0v) is 10.1. The summed E-state index contributed by atoms with van der Waals surface area (Å²) >= 11 is 0. The van der Waals surface area contributed by atoms with Crippen molar-refractivity contribution in [2.75, 3.05) is 13.6 Å². The Morgan fingerprint density at radius 2 is 1.94 bits per heavy atom. The average molecular weight is 227 g/mol. The molecule has 3 heteroatoms. The van der Waals surface area contributed by atoms with Gasteiger partial charge < -0.3 is 4.90 Å². The lowest BCUT2D eigenvalue weighted by Gasteiger charge is -2.18. The van der Waals surface area contributed by atoms with Gasteiger partial charge >= 0.3 is 0 Å². The average Bonchev–Trinajstić information content (AvgIpc) is 2.19. The van der Waals surface area contributed by atoms with Gasteiger partial charge in [0.05, 0.1) is 0 Å². The van der Waals surface area contributed by atoms with Gasteiger partial charge in [-0.2, -0.15) is 0 Å². The van der Waals surface area contributed by atoms with E-state index in [9.17, 15) is 8.78 Å². The molecular formula is C13H19F2N. The molecule has 0 N–H and O–H groups in total. The van der Waals surface area contributed by atoms with Gasteiger partial charge in [-0.3, -0.25) is 0 Å². The van der Waals surface area contributed by atoms with E-state index in [1.165, 1.54) is 12.1 Å². The van der Waals surface area contributed by atoms with E-state index in [1.54, 1.807) is 0 Å². The van der Waals surface area contributed by atoms with Crippen molar-refractivity contribution in [2.45, 2.75) is 26.8 Å². The number of hydrogen-bond acceptors (Lipinski definition) is 1. The first-order valence-corrected chi connectivity index (χ1v) is 5.61. The van der Waals surface area contributed by atoms with E-state index in [1.807, 2.05) is 7.05 Å². The Labute approximate surface area is 96.1 Å². The van der Waals surface area contributed by atoms with Crippen molar-refractivity contribution >= 4 is 0 Å². The van der Waals surface area contributed by atoms with Gasteiger partial charge in [-0.15, -0.1) is 0 Å². The van der Waals surface area contributed by atoms with Gasteiger partial charge in [-0.25, -0.2) is 8.78 Å². The molecule has 90 valence electrons. The first-order chi connectivity index (χ1) is 7.49. The van der Waals surface area contributed by atoms with Crippen LogP contribution in [0.4, 0.5) is 8.78 Å². The fourth-order valence-corrected chi connectivity index (χ4v) is 1.50. The minimum Gasteiger partial charge on any atom is -0.302 e. The van der Waals surface area contributed by atoms with Gasteiger partial charge in [0.25, 0.3) is 0 Å². The van der Waals surface area contributed by atoms with Crippen molar-refractivity contribution in [3.05, 3.63) is 35.4 Å². The molecule has 0 radical (unpaired) electrons. The molecule has 1 aromatic carbocycles. The van der Waals surface area contributed by atoms with Gasteiger partial charge in [-0.05, 0) is 32.0 Å². The Morgan fingerprint density at radius 1 is 1.25 bits per heavy atom. The van der Waals surface area contributed by atoms with Gasteiger partial charge in [0.1, 0.15) is 11.6 Å². The second-order valence-corrected chi connectivity index (χ2v) is 4.66. The summed E-state index contributed by atoms with van der Waals surface area (Å²) in [4.78, 5) is 2.05. The van der Waals surface area contributed by atoms with Crippen LogP contribution in [0.2, 0.25) is 0 Å². The summed E-state index contributed by atoms with van der Waals surface area (Å²) in [5, 5.41) is 0. The molecule has 0 unspecified atom stereocenters. The van der Waals surface area contributed by atoms with Crippen molar-refractivity contribution in [2.24, 2.45) is 5.92 Å². The fraction of sp³-hybridized carbons (Fsp3) is 0.538. The van der Waals surface area contributed by atoms with Crippen molar-refractivity contribution in [3.8, 4) is 0 Å². The van der Waals surface area contributed by atoms with Crippen LogP contribution < -0.4 is 0 Å². The van der Waals surface area contributed by atoms with Gasteiger partial charge in [-0.1, -0.05) is 19.9 Å². The molecule has 0 bridgehead atoms. The van der Waals surface area contributed by atoms with E-state index in [2.05, 4.69) is 18.7 Å². The molecule has 0 fully saturated rings. The molecule has 16 heavy (non-hydrogen) atoms. The Kier molecular flexibility index (Phi) is 4.87. The van der Waals surface area contributed by atoms with Crippen LogP contribution in [0.15, 0.2) is 18.2 Å². The molecular weight excluding hydrogens is 208 g/mol. The summed E-state index contributed by atoms with van der Waals surface area (Å²) in [6, 6.07) is 3.75. The summed E-state index contributed by atoms with van der Waals surface area (Å²) in [6.07, 6.45) is 1.08. The first-order valence-electron chi connectivity index (χ1n) is 5.61. The molecule has 0 aromatic heterocycles. The molecule has 0 heterocycles. The molecule has 0 amide bonds. The molecule has 1 nitrogen and oxygen atoms in total. The smallest absolute Gasteiger partial charge is 0.130 e. The Hall–Kier alpha value is -0.960. The van der Waals surface area contributed by atoms with E-state index in [0.717, 1.165) is 19.0 Å². The van der Waals surface area contributed by atoms with Crippen molar-refractivity contribution in [1.82, 2.24) is 4.90 Å². The summed E-state index contributed by atoms with van der Waals surface area (Å²) in [5.74, 6) is -0.344. The Bertz CT molecular complexity index is 337. The third-order valence-electron chi connectivity index (χ3n) is 2.54. The SMILES string of the molecule is CC(C)CCN(C)Cc1ccc(F)cc1F. The zero-order chi connectivity index (χ0) is 12.1. The molecule has 0 saturated heterocycles. The highest BCUT2D eigenvalue weighted by Crippen LogP contribution is 2.12. The van der Waals surface area contributed by atoms with Crippen LogP contribution in [-0.4, -0.2) is 18.5 Å². The maximum absolute atomic E-state index is 13.3. The summed E-state index contributed by atoms with van der Waals surface area (Å²) in [6.45, 7) is 5.77. The van der Waals surface area contributed by atoms with Crippen LogP contribution in [0.1, 0.15) is 25.8 Å². The molecule has 0 aliphatic carbocycles. The third kappa shape index (κ3) is 4.27. The Balaban J connectivity index is 2.52. The number of nitrogens with zero attached hydrogens (tertiary/aromatic N) is 1. The quantitative estimate of drug-likeness (QED) is 0.744. The lowest BCUT2D eigenvalue weighted by molar-refractivity contribution is 0.299. The minimum absolute atomic E-state index is 0.462. The highest BCUT2D eigenvalue weighted by Gasteiger charge is 2.07. The predicted octanol–water partition coefficient (Wildman–Crippen LogP) is 3.44. The van der Waals surface area contributed by atoms with E-state index in [4.69, 9.17) is 0 Å².